The average molecular weight is 317 g/mol. The fraction of sp³-hybridized carbons (Fsp3) is 0.348. The van der Waals surface area contributed by atoms with Crippen molar-refractivity contribution in [3.05, 3.63) is 64.2 Å². The highest BCUT2D eigenvalue weighted by molar-refractivity contribution is 6.07. The van der Waals surface area contributed by atoms with Crippen molar-refractivity contribution < 1.29 is 0 Å². The SMILES string of the molecule is CCCCC(=N)c1cc2ccccc2cc1C1=C(C)C(C)=C(C)C1. The molecule has 2 aromatic carbocycles. The van der Waals surface area contributed by atoms with Gasteiger partial charge in [0.1, 0.15) is 0 Å². The van der Waals surface area contributed by atoms with Crippen LogP contribution in [0, 0.1) is 5.41 Å². The molecule has 1 N–H and O–H groups in total. The number of nitrogens with one attached hydrogen (secondary N) is 1. The van der Waals surface area contributed by atoms with E-state index in [0.717, 1.165) is 37.0 Å². The normalized spacial score (nSPS) is 14.8. The van der Waals surface area contributed by atoms with Crippen molar-refractivity contribution in [2.24, 2.45) is 0 Å². The highest BCUT2D eigenvalue weighted by atomic mass is 14.4. The minimum atomic E-state index is 0.778. The predicted molar refractivity (Wildman–Crippen MR) is 106 cm³/mol. The van der Waals surface area contributed by atoms with Crippen LogP contribution >= 0.6 is 0 Å². The van der Waals surface area contributed by atoms with Crippen LogP contribution in [0.25, 0.3) is 16.3 Å². The Hall–Kier alpha value is -2.15. The van der Waals surface area contributed by atoms with Gasteiger partial charge in [-0.2, -0.15) is 0 Å². The number of fused-ring (bicyclic) bond motifs is 1. The van der Waals surface area contributed by atoms with Gasteiger partial charge in [0.2, 0.25) is 0 Å². The lowest BCUT2D eigenvalue weighted by atomic mass is 9.89. The van der Waals surface area contributed by atoms with Crippen LogP contribution in [0.2, 0.25) is 0 Å². The standard InChI is InChI=1S/C23H27N/c1-5-6-11-23(24)22-14-19-10-8-7-9-18(19)13-21(22)20-12-15(2)16(3)17(20)4/h7-10,13-14,24H,5-6,11-12H2,1-4H3. The van der Waals surface area contributed by atoms with Gasteiger partial charge in [0, 0.05) is 11.3 Å². The lowest BCUT2D eigenvalue weighted by Gasteiger charge is -2.15. The molecule has 124 valence electrons. The smallest absolute Gasteiger partial charge is 0.0392 e. The van der Waals surface area contributed by atoms with Crippen LogP contribution in [-0.2, 0) is 0 Å². The number of rotatable bonds is 5. The van der Waals surface area contributed by atoms with Gasteiger partial charge in [-0.3, -0.25) is 0 Å². The molecule has 0 amide bonds. The maximum Gasteiger partial charge on any atom is 0.0392 e. The van der Waals surface area contributed by atoms with Crippen molar-refractivity contribution in [3.8, 4) is 0 Å². The van der Waals surface area contributed by atoms with Gasteiger partial charge in [-0.25, -0.2) is 0 Å². The molecule has 0 heterocycles. The Morgan fingerprint density at radius 1 is 1.00 bits per heavy atom. The zero-order chi connectivity index (χ0) is 17.3. The van der Waals surface area contributed by atoms with Crippen molar-refractivity contribution in [2.75, 3.05) is 0 Å². The van der Waals surface area contributed by atoms with E-state index in [1.807, 2.05) is 0 Å². The van der Waals surface area contributed by atoms with E-state index in [-0.39, 0.29) is 0 Å². The van der Waals surface area contributed by atoms with Gasteiger partial charge in [0.15, 0.2) is 0 Å². The first-order valence-electron chi connectivity index (χ1n) is 9.00. The van der Waals surface area contributed by atoms with Crippen molar-refractivity contribution >= 4 is 22.1 Å². The fourth-order valence-corrected chi connectivity index (χ4v) is 3.60. The van der Waals surface area contributed by atoms with E-state index in [1.54, 1.807) is 0 Å². The third-order valence-corrected chi connectivity index (χ3v) is 5.41. The van der Waals surface area contributed by atoms with Crippen LogP contribution in [0.4, 0.5) is 0 Å². The van der Waals surface area contributed by atoms with Crippen LogP contribution in [0.15, 0.2) is 53.1 Å². The largest absolute Gasteiger partial charge is 0.305 e. The minimum absolute atomic E-state index is 0.778. The number of allylic oxidation sites excluding steroid dienone is 4. The topological polar surface area (TPSA) is 23.9 Å². The van der Waals surface area contributed by atoms with E-state index in [9.17, 15) is 0 Å². The van der Waals surface area contributed by atoms with Crippen molar-refractivity contribution in [3.63, 3.8) is 0 Å². The molecule has 0 bridgehead atoms. The van der Waals surface area contributed by atoms with Gasteiger partial charge in [0.25, 0.3) is 0 Å². The molecule has 0 saturated carbocycles. The van der Waals surface area contributed by atoms with E-state index in [0.29, 0.717) is 0 Å². The lowest BCUT2D eigenvalue weighted by Crippen LogP contribution is -2.04. The van der Waals surface area contributed by atoms with Crippen molar-refractivity contribution in [1.29, 1.82) is 5.41 Å². The lowest BCUT2D eigenvalue weighted by molar-refractivity contribution is 0.833. The molecule has 0 spiro atoms. The predicted octanol–water partition coefficient (Wildman–Crippen LogP) is 6.91. The first-order valence-corrected chi connectivity index (χ1v) is 9.00. The van der Waals surface area contributed by atoms with Crippen LogP contribution in [0.1, 0.15) is 64.5 Å². The second kappa shape index (κ2) is 6.76. The summed E-state index contributed by atoms with van der Waals surface area (Å²) in [6, 6.07) is 13.0. The quantitative estimate of drug-likeness (QED) is 0.579. The molecule has 2 aromatic rings. The molecule has 0 saturated heterocycles. The van der Waals surface area contributed by atoms with Crippen LogP contribution in [0.5, 0.6) is 0 Å². The summed E-state index contributed by atoms with van der Waals surface area (Å²) >= 11 is 0. The highest BCUT2D eigenvalue weighted by Gasteiger charge is 2.21. The van der Waals surface area contributed by atoms with Gasteiger partial charge < -0.3 is 5.41 Å². The molecule has 0 aliphatic heterocycles. The molecule has 1 aliphatic rings. The minimum Gasteiger partial charge on any atom is -0.305 e. The Balaban J connectivity index is 2.16. The molecule has 1 nitrogen and oxygen atoms in total. The average Bonchev–Trinajstić information content (AvgIpc) is 2.85. The Labute approximate surface area is 145 Å². The first-order chi connectivity index (χ1) is 11.5. The molecule has 0 aromatic heterocycles. The molecule has 24 heavy (non-hydrogen) atoms. The molecule has 1 heteroatoms. The second-order valence-electron chi connectivity index (χ2n) is 7.01. The highest BCUT2D eigenvalue weighted by Crippen LogP contribution is 2.40. The van der Waals surface area contributed by atoms with Gasteiger partial charge in [-0.15, -0.1) is 0 Å². The van der Waals surface area contributed by atoms with E-state index in [1.165, 1.54) is 38.6 Å². The number of unbranched alkanes of at least 4 members (excludes halogenated alkanes) is 1. The Morgan fingerprint density at radius 2 is 1.67 bits per heavy atom. The van der Waals surface area contributed by atoms with E-state index < -0.39 is 0 Å². The van der Waals surface area contributed by atoms with E-state index in [2.05, 4.69) is 64.1 Å². The monoisotopic (exact) mass is 317 g/mol. The molecular weight excluding hydrogens is 290 g/mol. The van der Waals surface area contributed by atoms with Crippen molar-refractivity contribution in [1.82, 2.24) is 0 Å². The summed E-state index contributed by atoms with van der Waals surface area (Å²) in [5.41, 5.74) is 8.85. The van der Waals surface area contributed by atoms with Crippen LogP contribution < -0.4 is 0 Å². The fourth-order valence-electron chi connectivity index (χ4n) is 3.60. The van der Waals surface area contributed by atoms with Gasteiger partial charge >= 0.3 is 0 Å². The van der Waals surface area contributed by atoms with Gasteiger partial charge in [-0.05, 0) is 85.2 Å². The summed E-state index contributed by atoms with van der Waals surface area (Å²) in [7, 11) is 0. The van der Waals surface area contributed by atoms with Gasteiger partial charge in [0.05, 0.1) is 0 Å². The molecule has 0 fully saturated rings. The zero-order valence-electron chi connectivity index (χ0n) is 15.3. The summed E-state index contributed by atoms with van der Waals surface area (Å²) in [5.74, 6) is 0. The van der Waals surface area contributed by atoms with E-state index >= 15 is 0 Å². The Kier molecular flexibility index (Phi) is 4.71. The maximum absolute atomic E-state index is 8.64. The van der Waals surface area contributed by atoms with Gasteiger partial charge in [-0.1, -0.05) is 43.2 Å². The zero-order valence-corrected chi connectivity index (χ0v) is 15.3. The molecule has 0 atom stereocenters. The summed E-state index contributed by atoms with van der Waals surface area (Å²) in [4.78, 5) is 0. The van der Waals surface area contributed by atoms with Crippen LogP contribution in [0.3, 0.4) is 0 Å². The number of benzene rings is 2. The third kappa shape index (κ3) is 2.96. The Bertz CT molecular complexity index is 865. The molecule has 0 radical (unpaired) electrons. The first kappa shape index (κ1) is 16.7. The molecule has 0 unspecified atom stereocenters. The molecule has 1 aliphatic carbocycles. The van der Waals surface area contributed by atoms with Crippen molar-refractivity contribution in [2.45, 2.75) is 53.4 Å². The number of hydrogen-bond donors (Lipinski definition) is 1. The third-order valence-electron chi connectivity index (χ3n) is 5.41. The van der Waals surface area contributed by atoms with E-state index in [4.69, 9.17) is 5.41 Å². The summed E-state index contributed by atoms with van der Waals surface area (Å²) in [5, 5.41) is 11.1. The van der Waals surface area contributed by atoms with Crippen LogP contribution in [-0.4, -0.2) is 5.71 Å². The Morgan fingerprint density at radius 3 is 2.25 bits per heavy atom. The summed E-state index contributed by atoms with van der Waals surface area (Å²) < 4.78 is 0. The summed E-state index contributed by atoms with van der Waals surface area (Å²) in [6.45, 7) is 8.88. The second-order valence-corrected chi connectivity index (χ2v) is 7.01. The number of hydrogen-bond acceptors (Lipinski definition) is 1. The molecular formula is C23H27N. The maximum atomic E-state index is 8.64. The summed E-state index contributed by atoms with van der Waals surface area (Å²) in [6.07, 6.45) is 4.09. The molecule has 3 rings (SSSR count).